The van der Waals surface area contributed by atoms with Crippen molar-refractivity contribution in [3.05, 3.63) is 34.9 Å². The summed E-state index contributed by atoms with van der Waals surface area (Å²) >= 11 is 6.21. The minimum atomic E-state index is 0.0520. The van der Waals surface area contributed by atoms with E-state index >= 15 is 0 Å². The maximum absolute atomic E-state index is 9.62. The Morgan fingerprint density at radius 1 is 1.35 bits per heavy atom. The predicted octanol–water partition coefficient (Wildman–Crippen LogP) is 3.11. The minimum absolute atomic E-state index is 0.0520. The zero-order chi connectivity index (χ0) is 12.3. The van der Waals surface area contributed by atoms with Gasteiger partial charge in [-0.1, -0.05) is 36.7 Å². The first-order chi connectivity index (χ1) is 8.22. The van der Waals surface area contributed by atoms with Gasteiger partial charge in [0.15, 0.2) is 0 Å². The van der Waals surface area contributed by atoms with Crippen molar-refractivity contribution in [3.63, 3.8) is 0 Å². The number of rotatable bonds is 3. The van der Waals surface area contributed by atoms with E-state index in [1.165, 1.54) is 12.8 Å². The molecule has 0 aliphatic carbocycles. The van der Waals surface area contributed by atoms with Crippen LogP contribution in [0, 0.1) is 5.92 Å². The number of likely N-dealkylation sites (tertiary alicyclic amines) is 1. The highest BCUT2D eigenvalue weighted by Crippen LogP contribution is 2.30. The highest BCUT2D eigenvalue weighted by atomic mass is 35.5. The molecular formula is C14H20ClNO. The molecule has 1 fully saturated rings. The SMILES string of the molecule is CC1CCN(C(CO)c2ccccc2Cl)CC1. The van der Waals surface area contributed by atoms with Crippen molar-refractivity contribution in [1.29, 1.82) is 0 Å². The number of benzene rings is 1. The van der Waals surface area contributed by atoms with Crippen LogP contribution in [0.1, 0.15) is 31.4 Å². The highest BCUT2D eigenvalue weighted by Gasteiger charge is 2.25. The van der Waals surface area contributed by atoms with Gasteiger partial charge in [-0.25, -0.2) is 0 Å². The van der Waals surface area contributed by atoms with Crippen LogP contribution in [0.2, 0.25) is 5.02 Å². The minimum Gasteiger partial charge on any atom is -0.394 e. The molecule has 1 aromatic rings. The van der Waals surface area contributed by atoms with E-state index in [0.29, 0.717) is 0 Å². The average Bonchev–Trinajstić information content (AvgIpc) is 2.35. The Balaban J connectivity index is 2.14. The van der Waals surface area contributed by atoms with Gasteiger partial charge in [0, 0.05) is 5.02 Å². The van der Waals surface area contributed by atoms with Crippen molar-refractivity contribution in [2.24, 2.45) is 5.92 Å². The van der Waals surface area contributed by atoms with Gasteiger partial charge in [0.1, 0.15) is 0 Å². The molecular weight excluding hydrogens is 234 g/mol. The number of aliphatic hydroxyl groups excluding tert-OH is 1. The third-order valence-electron chi connectivity index (χ3n) is 3.70. The van der Waals surface area contributed by atoms with Crippen LogP contribution in [-0.4, -0.2) is 29.7 Å². The zero-order valence-electron chi connectivity index (χ0n) is 10.3. The smallest absolute Gasteiger partial charge is 0.0629 e. The second-order valence-corrected chi connectivity index (χ2v) is 5.35. The fraction of sp³-hybridized carbons (Fsp3) is 0.571. The van der Waals surface area contributed by atoms with Gasteiger partial charge in [0.05, 0.1) is 12.6 Å². The Hall–Kier alpha value is -0.570. The Labute approximate surface area is 108 Å². The molecule has 1 saturated heterocycles. The van der Waals surface area contributed by atoms with E-state index in [0.717, 1.165) is 29.6 Å². The first-order valence-electron chi connectivity index (χ1n) is 6.31. The fourth-order valence-electron chi connectivity index (χ4n) is 2.50. The molecule has 1 atom stereocenters. The lowest BCUT2D eigenvalue weighted by molar-refractivity contribution is 0.0897. The summed E-state index contributed by atoms with van der Waals surface area (Å²) in [6.45, 7) is 4.54. The summed E-state index contributed by atoms with van der Waals surface area (Å²) in [7, 11) is 0. The van der Waals surface area contributed by atoms with E-state index in [4.69, 9.17) is 11.6 Å². The quantitative estimate of drug-likeness (QED) is 0.895. The van der Waals surface area contributed by atoms with Crippen molar-refractivity contribution in [1.82, 2.24) is 4.90 Å². The molecule has 2 nitrogen and oxygen atoms in total. The maximum Gasteiger partial charge on any atom is 0.0629 e. The molecule has 0 bridgehead atoms. The topological polar surface area (TPSA) is 23.5 Å². The van der Waals surface area contributed by atoms with E-state index < -0.39 is 0 Å². The number of hydrogen-bond donors (Lipinski definition) is 1. The molecule has 0 radical (unpaired) electrons. The molecule has 0 saturated carbocycles. The van der Waals surface area contributed by atoms with E-state index in [-0.39, 0.29) is 12.6 Å². The fourth-order valence-corrected chi connectivity index (χ4v) is 2.76. The van der Waals surface area contributed by atoms with Gasteiger partial charge in [-0.3, -0.25) is 4.90 Å². The standard InChI is InChI=1S/C14H20ClNO/c1-11-6-8-16(9-7-11)14(10-17)12-4-2-3-5-13(12)15/h2-5,11,14,17H,6-10H2,1H3. The third-order valence-corrected chi connectivity index (χ3v) is 4.04. The molecule has 1 aliphatic rings. The normalized spacial score (nSPS) is 20.4. The molecule has 3 heteroatoms. The van der Waals surface area contributed by atoms with Crippen molar-refractivity contribution < 1.29 is 5.11 Å². The number of piperidine rings is 1. The molecule has 1 aromatic carbocycles. The molecule has 1 heterocycles. The summed E-state index contributed by atoms with van der Waals surface area (Å²) in [5.74, 6) is 0.803. The van der Waals surface area contributed by atoms with Crippen molar-refractivity contribution in [2.45, 2.75) is 25.8 Å². The third kappa shape index (κ3) is 3.01. The van der Waals surface area contributed by atoms with Crippen LogP contribution in [0.15, 0.2) is 24.3 Å². The van der Waals surface area contributed by atoms with Crippen molar-refractivity contribution in [3.8, 4) is 0 Å². The summed E-state index contributed by atoms with van der Waals surface area (Å²) in [4.78, 5) is 2.35. The van der Waals surface area contributed by atoms with Crippen LogP contribution in [0.4, 0.5) is 0 Å². The summed E-state index contributed by atoms with van der Waals surface area (Å²) in [6.07, 6.45) is 2.42. The molecule has 94 valence electrons. The van der Waals surface area contributed by atoms with Gasteiger partial charge >= 0.3 is 0 Å². The van der Waals surface area contributed by atoms with E-state index in [9.17, 15) is 5.11 Å². The van der Waals surface area contributed by atoms with Gasteiger partial charge < -0.3 is 5.11 Å². The average molecular weight is 254 g/mol. The van der Waals surface area contributed by atoms with E-state index in [1.54, 1.807) is 0 Å². The molecule has 0 amide bonds. The molecule has 17 heavy (non-hydrogen) atoms. The van der Waals surface area contributed by atoms with Gasteiger partial charge in [-0.15, -0.1) is 0 Å². The summed E-state index contributed by atoms with van der Waals surface area (Å²) < 4.78 is 0. The van der Waals surface area contributed by atoms with Gasteiger partial charge in [0.2, 0.25) is 0 Å². The van der Waals surface area contributed by atoms with Crippen LogP contribution < -0.4 is 0 Å². The van der Waals surface area contributed by atoms with Crippen molar-refractivity contribution >= 4 is 11.6 Å². The molecule has 2 rings (SSSR count). The zero-order valence-corrected chi connectivity index (χ0v) is 11.0. The lowest BCUT2D eigenvalue weighted by Crippen LogP contribution is -2.37. The second kappa shape index (κ2) is 5.85. The van der Waals surface area contributed by atoms with Crippen LogP contribution in [0.25, 0.3) is 0 Å². The summed E-state index contributed by atoms with van der Waals surface area (Å²) in [5.41, 5.74) is 1.05. The summed E-state index contributed by atoms with van der Waals surface area (Å²) in [6, 6.07) is 7.87. The van der Waals surface area contributed by atoms with Gasteiger partial charge in [-0.05, 0) is 43.5 Å². The lowest BCUT2D eigenvalue weighted by atomic mass is 9.96. The highest BCUT2D eigenvalue weighted by molar-refractivity contribution is 6.31. The number of hydrogen-bond acceptors (Lipinski definition) is 2. The predicted molar refractivity (Wildman–Crippen MR) is 71.2 cm³/mol. The van der Waals surface area contributed by atoms with Gasteiger partial charge in [0.25, 0.3) is 0 Å². The van der Waals surface area contributed by atoms with Crippen LogP contribution >= 0.6 is 11.6 Å². The number of nitrogens with zero attached hydrogens (tertiary/aromatic N) is 1. The Kier molecular flexibility index (Phi) is 4.43. The number of halogens is 1. The van der Waals surface area contributed by atoms with Crippen molar-refractivity contribution in [2.75, 3.05) is 19.7 Å². The number of aliphatic hydroxyl groups is 1. The molecule has 0 spiro atoms. The molecule has 1 unspecified atom stereocenters. The molecule has 0 aromatic heterocycles. The lowest BCUT2D eigenvalue weighted by Gasteiger charge is -2.36. The van der Waals surface area contributed by atoms with Crippen LogP contribution in [0.3, 0.4) is 0 Å². The summed E-state index contributed by atoms with van der Waals surface area (Å²) in [5, 5.41) is 10.4. The van der Waals surface area contributed by atoms with Crippen LogP contribution in [0.5, 0.6) is 0 Å². The molecule has 1 N–H and O–H groups in total. The first-order valence-corrected chi connectivity index (χ1v) is 6.69. The second-order valence-electron chi connectivity index (χ2n) is 4.94. The Bertz CT molecular complexity index is 361. The van der Waals surface area contributed by atoms with E-state index in [1.807, 2.05) is 24.3 Å². The maximum atomic E-state index is 9.62. The van der Waals surface area contributed by atoms with Crippen LogP contribution in [-0.2, 0) is 0 Å². The van der Waals surface area contributed by atoms with E-state index in [2.05, 4.69) is 11.8 Å². The van der Waals surface area contributed by atoms with Gasteiger partial charge in [-0.2, -0.15) is 0 Å². The largest absolute Gasteiger partial charge is 0.394 e. The Morgan fingerprint density at radius 2 is 2.00 bits per heavy atom. The Morgan fingerprint density at radius 3 is 2.59 bits per heavy atom. The monoisotopic (exact) mass is 253 g/mol. The molecule has 1 aliphatic heterocycles. The first kappa shape index (κ1) is 12.9.